The molecular weight excluding hydrogens is 280 g/mol. The van der Waals surface area contributed by atoms with Crippen molar-refractivity contribution in [2.75, 3.05) is 26.4 Å². The fraction of sp³-hybridized carbons (Fsp3) is 0.462. The number of carbonyl (C=O) groups is 1. The molecule has 0 heterocycles. The molecule has 1 amide bonds. The van der Waals surface area contributed by atoms with Crippen LogP contribution >= 0.6 is 0 Å². The minimum atomic E-state index is -3.22. The lowest BCUT2D eigenvalue weighted by molar-refractivity contribution is -0.120. The molecule has 20 heavy (non-hydrogen) atoms. The number of aliphatic hydroxyl groups excluding tert-OH is 1. The van der Waals surface area contributed by atoms with Crippen LogP contribution in [0.4, 0.5) is 0 Å². The van der Waals surface area contributed by atoms with E-state index in [2.05, 4.69) is 10.6 Å². The topological polar surface area (TPSA) is 95.5 Å². The third-order valence-electron chi connectivity index (χ3n) is 2.84. The number of carbonyl (C=O) groups excluding carboxylic acids is 1. The van der Waals surface area contributed by atoms with Crippen LogP contribution in [0.3, 0.4) is 0 Å². The van der Waals surface area contributed by atoms with Crippen LogP contribution in [0.1, 0.15) is 18.1 Å². The molecule has 1 unspecified atom stereocenters. The Morgan fingerprint density at radius 1 is 1.30 bits per heavy atom. The fourth-order valence-corrected chi connectivity index (χ4v) is 2.25. The summed E-state index contributed by atoms with van der Waals surface area (Å²) in [5.41, 5.74) is 0.629. The van der Waals surface area contributed by atoms with Gasteiger partial charge in [0.15, 0.2) is 9.84 Å². The van der Waals surface area contributed by atoms with Crippen molar-refractivity contribution >= 4 is 15.7 Å². The Kier molecular flexibility index (Phi) is 6.12. The van der Waals surface area contributed by atoms with Gasteiger partial charge in [-0.15, -0.1) is 0 Å². The normalized spacial score (nSPS) is 12.9. The summed E-state index contributed by atoms with van der Waals surface area (Å²) in [6.45, 7) is 0.771. The number of nitrogens with one attached hydrogen (secondary N) is 2. The molecule has 1 rings (SSSR count). The van der Waals surface area contributed by atoms with Crippen LogP contribution in [0, 0.1) is 0 Å². The van der Waals surface area contributed by atoms with Crippen molar-refractivity contribution in [3.05, 3.63) is 29.8 Å². The SMILES string of the molecule is CNC(=O)CCNCC(O)c1ccc(S(C)(=O)=O)cc1. The molecule has 0 spiro atoms. The van der Waals surface area contributed by atoms with Gasteiger partial charge in [-0.25, -0.2) is 8.42 Å². The number of hydrogen-bond acceptors (Lipinski definition) is 5. The van der Waals surface area contributed by atoms with Crippen LogP contribution in [-0.2, 0) is 14.6 Å². The lowest BCUT2D eigenvalue weighted by Crippen LogP contribution is -2.27. The van der Waals surface area contributed by atoms with E-state index in [1.807, 2.05) is 0 Å². The molecule has 0 aromatic heterocycles. The minimum absolute atomic E-state index is 0.0653. The van der Waals surface area contributed by atoms with Crippen LogP contribution in [0.15, 0.2) is 29.2 Å². The summed E-state index contributed by atoms with van der Waals surface area (Å²) < 4.78 is 22.6. The average Bonchev–Trinajstić information content (AvgIpc) is 2.42. The van der Waals surface area contributed by atoms with E-state index in [1.54, 1.807) is 19.2 Å². The first-order valence-corrected chi connectivity index (χ1v) is 8.13. The molecule has 0 aliphatic carbocycles. The molecule has 112 valence electrons. The molecule has 7 heteroatoms. The van der Waals surface area contributed by atoms with Crippen molar-refractivity contribution in [2.45, 2.75) is 17.4 Å². The van der Waals surface area contributed by atoms with Gasteiger partial charge in [0.2, 0.25) is 5.91 Å². The Bertz CT molecular complexity index is 540. The van der Waals surface area contributed by atoms with Gasteiger partial charge >= 0.3 is 0 Å². The largest absolute Gasteiger partial charge is 0.387 e. The maximum atomic E-state index is 11.3. The Balaban J connectivity index is 2.48. The predicted molar refractivity (Wildman–Crippen MR) is 76.1 cm³/mol. The second-order valence-corrected chi connectivity index (χ2v) is 6.50. The van der Waals surface area contributed by atoms with Gasteiger partial charge in [-0.1, -0.05) is 12.1 Å². The highest BCUT2D eigenvalue weighted by atomic mass is 32.2. The van der Waals surface area contributed by atoms with Gasteiger partial charge in [0.1, 0.15) is 0 Å². The van der Waals surface area contributed by atoms with E-state index in [0.717, 1.165) is 6.26 Å². The zero-order valence-electron chi connectivity index (χ0n) is 11.6. The molecule has 0 saturated heterocycles. The summed E-state index contributed by atoms with van der Waals surface area (Å²) in [4.78, 5) is 11.2. The highest BCUT2D eigenvalue weighted by Gasteiger charge is 2.10. The van der Waals surface area contributed by atoms with Gasteiger partial charge < -0.3 is 15.7 Å². The van der Waals surface area contributed by atoms with E-state index in [0.29, 0.717) is 25.1 Å². The molecule has 0 saturated carbocycles. The van der Waals surface area contributed by atoms with Crippen LogP contribution in [0.5, 0.6) is 0 Å². The van der Waals surface area contributed by atoms with Crippen LogP contribution in [0.25, 0.3) is 0 Å². The summed E-state index contributed by atoms with van der Waals surface area (Å²) in [6, 6.07) is 6.11. The van der Waals surface area contributed by atoms with Crippen molar-refractivity contribution in [1.82, 2.24) is 10.6 Å². The monoisotopic (exact) mass is 300 g/mol. The maximum Gasteiger partial charge on any atom is 0.221 e. The predicted octanol–water partition coefficient (Wildman–Crippen LogP) is -0.151. The third kappa shape index (κ3) is 5.28. The minimum Gasteiger partial charge on any atom is -0.387 e. The average molecular weight is 300 g/mol. The van der Waals surface area contributed by atoms with Gasteiger partial charge in [-0.2, -0.15) is 0 Å². The first-order valence-electron chi connectivity index (χ1n) is 6.24. The fourth-order valence-electron chi connectivity index (χ4n) is 1.62. The smallest absolute Gasteiger partial charge is 0.221 e. The number of amides is 1. The molecule has 0 aliphatic heterocycles. The Morgan fingerprint density at radius 2 is 1.90 bits per heavy atom. The van der Waals surface area contributed by atoms with Crippen molar-refractivity contribution in [1.29, 1.82) is 0 Å². The Hall–Kier alpha value is -1.44. The molecule has 1 aromatic carbocycles. The molecule has 1 atom stereocenters. The van der Waals surface area contributed by atoms with Crippen LogP contribution in [0.2, 0.25) is 0 Å². The number of hydrogen-bond donors (Lipinski definition) is 3. The van der Waals surface area contributed by atoms with Gasteiger partial charge in [-0.3, -0.25) is 4.79 Å². The summed E-state index contributed by atoms with van der Waals surface area (Å²) in [6.07, 6.45) is 0.739. The molecule has 0 fully saturated rings. The highest BCUT2D eigenvalue weighted by Crippen LogP contribution is 2.15. The first kappa shape index (κ1) is 16.6. The lowest BCUT2D eigenvalue weighted by Gasteiger charge is -2.12. The van der Waals surface area contributed by atoms with Gasteiger partial charge in [-0.05, 0) is 17.7 Å². The molecule has 6 nitrogen and oxygen atoms in total. The Morgan fingerprint density at radius 3 is 2.40 bits per heavy atom. The summed E-state index contributed by atoms with van der Waals surface area (Å²) in [5.74, 6) is -0.0653. The van der Waals surface area contributed by atoms with E-state index in [9.17, 15) is 18.3 Å². The number of aliphatic hydroxyl groups is 1. The van der Waals surface area contributed by atoms with Crippen molar-refractivity contribution in [3.63, 3.8) is 0 Å². The zero-order valence-corrected chi connectivity index (χ0v) is 12.4. The second kappa shape index (κ2) is 7.37. The van der Waals surface area contributed by atoms with E-state index in [-0.39, 0.29) is 10.8 Å². The highest BCUT2D eigenvalue weighted by molar-refractivity contribution is 7.90. The van der Waals surface area contributed by atoms with Gasteiger partial charge in [0.25, 0.3) is 0 Å². The van der Waals surface area contributed by atoms with Crippen molar-refractivity contribution in [2.24, 2.45) is 0 Å². The second-order valence-electron chi connectivity index (χ2n) is 4.48. The molecule has 1 aromatic rings. The van der Waals surface area contributed by atoms with Crippen LogP contribution in [-0.4, -0.2) is 45.8 Å². The molecule has 0 bridgehead atoms. The number of sulfone groups is 1. The lowest BCUT2D eigenvalue weighted by atomic mass is 10.1. The van der Waals surface area contributed by atoms with E-state index in [1.165, 1.54) is 12.1 Å². The van der Waals surface area contributed by atoms with Gasteiger partial charge in [0, 0.05) is 32.8 Å². The number of benzene rings is 1. The number of rotatable bonds is 7. The third-order valence-corrected chi connectivity index (χ3v) is 3.97. The molecular formula is C13H20N2O4S. The summed E-state index contributed by atoms with van der Waals surface area (Å²) >= 11 is 0. The summed E-state index contributed by atoms with van der Waals surface area (Å²) in [7, 11) is -1.65. The quantitative estimate of drug-likeness (QED) is 0.609. The van der Waals surface area contributed by atoms with E-state index in [4.69, 9.17) is 0 Å². The zero-order chi connectivity index (χ0) is 15.2. The van der Waals surface area contributed by atoms with E-state index < -0.39 is 15.9 Å². The standard InChI is InChI=1S/C13H20N2O4S/c1-14-13(17)7-8-15-9-12(16)10-3-5-11(6-4-10)20(2,18)19/h3-6,12,15-16H,7-9H2,1-2H3,(H,14,17). The Labute approximate surface area is 119 Å². The molecule has 0 radical (unpaired) electrons. The summed E-state index contributed by atoms with van der Waals surface area (Å²) in [5, 5.41) is 15.4. The van der Waals surface area contributed by atoms with Crippen LogP contribution < -0.4 is 10.6 Å². The molecule has 0 aliphatic rings. The van der Waals surface area contributed by atoms with Crippen molar-refractivity contribution in [3.8, 4) is 0 Å². The molecule has 3 N–H and O–H groups in total. The van der Waals surface area contributed by atoms with Gasteiger partial charge in [0.05, 0.1) is 11.0 Å². The maximum absolute atomic E-state index is 11.3. The first-order chi connectivity index (χ1) is 9.34. The van der Waals surface area contributed by atoms with Crippen molar-refractivity contribution < 1.29 is 18.3 Å². The van der Waals surface area contributed by atoms with E-state index >= 15 is 0 Å².